The minimum Gasteiger partial charge on any atom is -0.480 e. The van der Waals surface area contributed by atoms with Crippen LogP contribution in [0, 0.1) is 0 Å². The van der Waals surface area contributed by atoms with Gasteiger partial charge in [-0.15, -0.1) is 0 Å². The van der Waals surface area contributed by atoms with Gasteiger partial charge in [-0.3, -0.25) is 9.59 Å². The highest BCUT2D eigenvalue weighted by Crippen LogP contribution is 1.98. The predicted molar refractivity (Wildman–Crippen MR) is 60.2 cm³/mol. The van der Waals surface area contributed by atoms with Gasteiger partial charge in [0.05, 0.1) is 0 Å². The first-order valence-electron chi connectivity index (χ1n) is 5.11. The number of hydrogen-bond acceptors (Lipinski definition) is 4. The normalized spacial score (nSPS) is 13.2. The standard InChI is InChI=1S/C9H16N4O5/c1-4(12-9(11)18)7(15)13-5(8(16)17)2-3-6(10)14/h4-5H,2-3H2,1H3,(H2,10,14)(H,13,15)(H,16,17)(H3,11,12,18)/t4?,5-/m0/s1. The second kappa shape index (κ2) is 7.09. The van der Waals surface area contributed by atoms with Crippen LogP contribution in [0.1, 0.15) is 19.8 Å². The number of urea groups is 1. The lowest BCUT2D eigenvalue weighted by Crippen LogP contribution is -2.51. The Bertz CT molecular complexity index is 357. The van der Waals surface area contributed by atoms with Crippen molar-refractivity contribution >= 4 is 23.8 Å². The Balaban J connectivity index is 4.40. The zero-order valence-electron chi connectivity index (χ0n) is 9.80. The SMILES string of the molecule is CC(NC(N)=O)C(=O)N[C@@H](CCC(N)=O)C(=O)O. The van der Waals surface area contributed by atoms with Gasteiger partial charge in [0.15, 0.2) is 0 Å². The monoisotopic (exact) mass is 260 g/mol. The number of carbonyl (C=O) groups is 4. The fourth-order valence-corrected chi connectivity index (χ4v) is 1.12. The van der Waals surface area contributed by atoms with Crippen LogP contribution in [-0.4, -0.2) is 41.0 Å². The first-order valence-corrected chi connectivity index (χ1v) is 5.11. The molecule has 9 nitrogen and oxygen atoms in total. The molecule has 0 aliphatic heterocycles. The zero-order valence-corrected chi connectivity index (χ0v) is 9.80. The molecular weight excluding hydrogens is 244 g/mol. The molecular formula is C9H16N4O5. The fourth-order valence-electron chi connectivity index (χ4n) is 1.12. The van der Waals surface area contributed by atoms with Crippen molar-refractivity contribution in [3.05, 3.63) is 0 Å². The van der Waals surface area contributed by atoms with Gasteiger partial charge in [-0.05, 0) is 13.3 Å². The summed E-state index contributed by atoms with van der Waals surface area (Å²) in [7, 11) is 0. The van der Waals surface area contributed by atoms with Crippen LogP contribution < -0.4 is 22.1 Å². The van der Waals surface area contributed by atoms with E-state index in [9.17, 15) is 19.2 Å². The van der Waals surface area contributed by atoms with Gasteiger partial charge in [-0.1, -0.05) is 0 Å². The van der Waals surface area contributed by atoms with Gasteiger partial charge < -0.3 is 27.2 Å². The lowest BCUT2D eigenvalue weighted by Gasteiger charge is -2.17. The van der Waals surface area contributed by atoms with E-state index in [0.717, 1.165) is 0 Å². The van der Waals surface area contributed by atoms with Crippen LogP contribution in [0.4, 0.5) is 4.79 Å². The molecule has 7 N–H and O–H groups in total. The minimum absolute atomic E-state index is 0.125. The van der Waals surface area contributed by atoms with E-state index in [-0.39, 0.29) is 12.8 Å². The predicted octanol–water partition coefficient (Wildman–Crippen LogP) is -2.12. The van der Waals surface area contributed by atoms with E-state index >= 15 is 0 Å². The Morgan fingerprint density at radius 3 is 2.11 bits per heavy atom. The third-order valence-electron chi connectivity index (χ3n) is 2.05. The Labute approximate surface area is 103 Å². The molecule has 0 bridgehead atoms. The van der Waals surface area contributed by atoms with E-state index in [1.165, 1.54) is 6.92 Å². The molecule has 18 heavy (non-hydrogen) atoms. The second-order valence-corrected chi connectivity index (χ2v) is 3.63. The van der Waals surface area contributed by atoms with Gasteiger partial charge in [0.25, 0.3) is 0 Å². The minimum atomic E-state index is -1.30. The maximum Gasteiger partial charge on any atom is 0.326 e. The van der Waals surface area contributed by atoms with E-state index in [1.807, 2.05) is 0 Å². The number of amides is 4. The number of aliphatic carboxylic acids is 1. The lowest BCUT2D eigenvalue weighted by molar-refractivity contribution is -0.142. The van der Waals surface area contributed by atoms with Crippen LogP contribution >= 0.6 is 0 Å². The summed E-state index contributed by atoms with van der Waals surface area (Å²) in [5.41, 5.74) is 9.69. The molecule has 0 aromatic rings. The van der Waals surface area contributed by atoms with E-state index < -0.39 is 35.9 Å². The number of rotatable bonds is 7. The van der Waals surface area contributed by atoms with Crippen molar-refractivity contribution in [2.24, 2.45) is 11.5 Å². The molecule has 0 rings (SSSR count). The van der Waals surface area contributed by atoms with Crippen LogP contribution in [0.5, 0.6) is 0 Å². The van der Waals surface area contributed by atoms with Crippen molar-refractivity contribution in [1.82, 2.24) is 10.6 Å². The molecule has 9 heteroatoms. The van der Waals surface area contributed by atoms with Gasteiger partial charge >= 0.3 is 12.0 Å². The van der Waals surface area contributed by atoms with Crippen molar-refractivity contribution in [1.29, 1.82) is 0 Å². The van der Waals surface area contributed by atoms with Crippen LogP contribution in [0.3, 0.4) is 0 Å². The van der Waals surface area contributed by atoms with Gasteiger partial charge in [0.1, 0.15) is 12.1 Å². The summed E-state index contributed by atoms with van der Waals surface area (Å²) >= 11 is 0. The van der Waals surface area contributed by atoms with Crippen LogP contribution in [0.15, 0.2) is 0 Å². The number of hydrogen-bond donors (Lipinski definition) is 5. The Hall–Kier alpha value is -2.32. The number of primary amides is 2. The maximum absolute atomic E-state index is 11.5. The van der Waals surface area contributed by atoms with E-state index in [0.29, 0.717) is 0 Å². The zero-order chi connectivity index (χ0) is 14.3. The molecule has 0 spiro atoms. The topological polar surface area (TPSA) is 165 Å². The molecule has 0 heterocycles. The number of nitrogens with one attached hydrogen (secondary N) is 2. The molecule has 0 saturated heterocycles. The molecule has 0 aromatic carbocycles. The third kappa shape index (κ3) is 6.30. The number of nitrogens with two attached hydrogens (primary N) is 2. The summed E-state index contributed by atoms with van der Waals surface area (Å²) in [6.45, 7) is 1.34. The highest BCUT2D eigenvalue weighted by molar-refractivity contribution is 5.89. The van der Waals surface area contributed by atoms with Gasteiger partial charge in [0, 0.05) is 6.42 Å². The number of carbonyl (C=O) groups excluding carboxylic acids is 3. The average Bonchev–Trinajstić information content (AvgIpc) is 2.21. The van der Waals surface area contributed by atoms with Crippen molar-refractivity contribution < 1.29 is 24.3 Å². The smallest absolute Gasteiger partial charge is 0.326 e. The highest BCUT2D eigenvalue weighted by atomic mass is 16.4. The maximum atomic E-state index is 11.5. The second-order valence-electron chi connectivity index (χ2n) is 3.63. The molecule has 0 fully saturated rings. The molecule has 0 aromatic heterocycles. The highest BCUT2D eigenvalue weighted by Gasteiger charge is 2.23. The Morgan fingerprint density at radius 2 is 1.72 bits per heavy atom. The van der Waals surface area contributed by atoms with Gasteiger partial charge in [0.2, 0.25) is 11.8 Å². The number of carboxylic acids is 1. The quantitative estimate of drug-likeness (QED) is 0.352. The third-order valence-corrected chi connectivity index (χ3v) is 2.05. The first-order chi connectivity index (χ1) is 8.23. The average molecular weight is 260 g/mol. The molecule has 1 unspecified atom stereocenters. The Kier molecular flexibility index (Phi) is 6.18. The molecule has 0 aliphatic rings. The summed E-state index contributed by atoms with van der Waals surface area (Å²) in [6.07, 6.45) is -0.297. The lowest BCUT2D eigenvalue weighted by atomic mass is 10.1. The molecule has 2 atom stereocenters. The first kappa shape index (κ1) is 15.7. The van der Waals surface area contributed by atoms with Crippen molar-refractivity contribution in [3.8, 4) is 0 Å². The van der Waals surface area contributed by atoms with Crippen molar-refractivity contribution in [2.75, 3.05) is 0 Å². The summed E-state index contributed by atoms with van der Waals surface area (Å²) < 4.78 is 0. The van der Waals surface area contributed by atoms with E-state index in [4.69, 9.17) is 16.6 Å². The molecule has 102 valence electrons. The van der Waals surface area contributed by atoms with E-state index in [1.54, 1.807) is 0 Å². The summed E-state index contributed by atoms with van der Waals surface area (Å²) in [6, 6.07) is -3.12. The van der Waals surface area contributed by atoms with Crippen molar-refractivity contribution in [3.63, 3.8) is 0 Å². The van der Waals surface area contributed by atoms with Crippen LogP contribution in [-0.2, 0) is 14.4 Å². The fraction of sp³-hybridized carbons (Fsp3) is 0.556. The van der Waals surface area contributed by atoms with Gasteiger partial charge in [-0.2, -0.15) is 0 Å². The molecule has 0 saturated carbocycles. The summed E-state index contributed by atoms with van der Waals surface area (Å²) in [4.78, 5) is 43.3. The van der Waals surface area contributed by atoms with Crippen LogP contribution in [0.25, 0.3) is 0 Å². The number of carboxylic acid groups (broad SMARTS) is 1. The van der Waals surface area contributed by atoms with Crippen LogP contribution in [0.2, 0.25) is 0 Å². The van der Waals surface area contributed by atoms with Crippen molar-refractivity contribution in [2.45, 2.75) is 31.8 Å². The van der Waals surface area contributed by atoms with E-state index in [2.05, 4.69) is 10.6 Å². The Morgan fingerprint density at radius 1 is 1.17 bits per heavy atom. The molecule has 0 radical (unpaired) electrons. The largest absolute Gasteiger partial charge is 0.480 e. The molecule has 4 amide bonds. The summed E-state index contributed by atoms with van der Waals surface area (Å²) in [5, 5.41) is 13.1. The summed E-state index contributed by atoms with van der Waals surface area (Å²) in [5.74, 6) is -2.68. The molecule has 0 aliphatic carbocycles. The van der Waals surface area contributed by atoms with Gasteiger partial charge in [-0.25, -0.2) is 9.59 Å².